The van der Waals surface area contributed by atoms with E-state index in [-0.39, 0.29) is 11.9 Å². The fourth-order valence-corrected chi connectivity index (χ4v) is 4.92. The lowest BCUT2D eigenvalue weighted by Gasteiger charge is -2.17. The predicted molar refractivity (Wildman–Crippen MR) is 102 cm³/mol. The Kier molecular flexibility index (Phi) is 4.12. The summed E-state index contributed by atoms with van der Waals surface area (Å²) in [4.78, 5) is 16.5. The molecule has 2 fully saturated rings. The summed E-state index contributed by atoms with van der Waals surface area (Å²) in [6, 6.07) is 9.52. The summed E-state index contributed by atoms with van der Waals surface area (Å²) in [5, 5.41) is 3.55. The third-order valence-corrected chi connectivity index (χ3v) is 6.43. The highest BCUT2D eigenvalue weighted by molar-refractivity contribution is 6.30. The first-order chi connectivity index (χ1) is 13.5. The Morgan fingerprint density at radius 1 is 1.18 bits per heavy atom. The third-order valence-electron chi connectivity index (χ3n) is 6.19. The predicted octanol–water partition coefficient (Wildman–Crippen LogP) is 4.60. The van der Waals surface area contributed by atoms with Crippen LogP contribution in [0.4, 0.5) is 8.78 Å². The van der Waals surface area contributed by atoms with Gasteiger partial charge >= 0.3 is 0 Å². The van der Waals surface area contributed by atoms with Gasteiger partial charge in [-0.1, -0.05) is 17.7 Å². The monoisotopic (exact) mass is 401 g/mol. The van der Waals surface area contributed by atoms with E-state index in [2.05, 4.69) is 10.3 Å². The van der Waals surface area contributed by atoms with E-state index in [1.165, 1.54) is 6.07 Å². The van der Waals surface area contributed by atoms with Crippen LogP contribution in [0.5, 0.6) is 0 Å². The van der Waals surface area contributed by atoms with Crippen LogP contribution in [0.25, 0.3) is 11.0 Å². The maximum atomic E-state index is 13.6. The summed E-state index contributed by atoms with van der Waals surface area (Å²) in [5.74, 6) is -0.258. The van der Waals surface area contributed by atoms with Gasteiger partial charge in [0.1, 0.15) is 0 Å². The maximum Gasteiger partial charge on any atom is 0.251 e. The fourth-order valence-electron chi connectivity index (χ4n) is 4.73. The zero-order chi connectivity index (χ0) is 19.4. The van der Waals surface area contributed by atoms with Crippen LogP contribution in [0.15, 0.2) is 42.7 Å². The summed E-state index contributed by atoms with van der Waals surface area (Å²) in [6.07, 6.45) is 3.61. The van der Waals surface area contributed by atoms with Crippen molar-refractivity contribution in [3.05, 3.63) is 64.9 Å². The first kappa shape index (κ1) is 17.6. The van der Waals surface area contributed by atoms with Gasteiger partial charge in [-0.2, -0.15) is 0 Å². The topological polar surface area (TPSA) is 46.9 Å². The Balaban J connectivity index is 1.21. The molecule has 2 aromatic carbocycles. The van der Waals surface area contributed by atoms with Gasteiger partial charge in [0.2, 0.25) is 0 Å². The highest BCUT2D eigenvalue weighted by Gasteiger charge is 2.56. The molecule has 2 saturated carbocycles. The van der Waals surface area contributed by atoms with Crippen molar-refractivity contribution >= 4 is 28.5 Å². The summed E-state index contributed by atoms with van der Waals surface area (Å²) >= 11 is 5.93. The lowest BCUT2D eigenvalue weighted by Crippen LogP contribution is -2.27. The van der Waals surface area contributed by atoms with Crippen molar-refractivity contribution in [3.8, 4) is 0 Å². The summed E-state index contributed by atoms with van der Waals surface area (Å²) < 4.78 is 29.0. The summed E-state index contributed by atoms with van der Waals surface area (Å²) in [7, 11) is 0. The molecule has 5 rings (SSSR count). The van der Waals surface area contributed by atoms with Crippen LogP contribution in [-0.2, 0) is 0 Å². The van der Waals surface area contributed by atoms with Crippen molar-refractivity contribution < 1.29 is 13.6 Å². The van der Waals surface area contributed by atoms with Crippen LogP contribution in [0.2, 0.25) is 5.02 Å². The molecule has 0 saturated heterocycles. The molecule has 1 heterocycles. The number of hydrogen-bond acceptors (Lipinski definition) is 2. The molecule has 4 nitrogen and oxygen atoms in total. The van der Waals surface area contributed by atoms with Crippen molar-refractivity contribution in [2.45, 2.75) is 18.9 Å². The number of amides is 1. The molecule has 7 heteroatoms. The van der Waals surface area contributed by atoms with Gasteiger partial charge in [-0.15, -0.1) is 0 Å². The van der Waals surface area contributed by atoms with E-state index in [4.69, 9.17) is 11.6 Å². The second-order valence-corrected chi connectivity index (χ2v) is 8.18. The lowest BCUT2D eigenvalue weighted by atomic mass is 10.1. The number of imidazole rings is 1. The highest BCUT2D eigenvalue weighted by atomic mass is 35.5. The normalized spacial score (nSPS) is 25.7. The second kappa shape index (κ2) is 6.55. The second-order valence-electron chi connectivity index (χ2n) is 7.74. The molecule has 0 radical (unpaired) electrons. The largest absolute Gasteiger partial charge is 0.352 e. The van der Waals surface area contributed by atoms with Gasteiger partial charge in [-0.05, 0) is 48.8 Å². The van der Waals surface area contributed by atoms with Gasteiger partial charge in [0, 0.05) is 35.3 Å². The van der Waals surface area contributed by atoms with Gasteiger partial charge in [-0.3, -0.25) is 4.79 Å². The smallest absolute Gasteiger partial charge is 0.251 e. The molecule has 1 N–H and O–H groups in total. The minimum atomic E-state index is -0.873. The quantitative estimate of drug-likeness (QED) is 0.694. The number of nitrogens with zero attached hydrogens (tertiary/aromatic N) is 2. The van der Waals surface area contributed by atoms with Gasteiger partial charge in [0.05, 0.1) is 17.4 Å². The number of nitrogens with one attached hydrogen (secondary N) is 1. The number of hydrogen-bond donors (Lipinski definition) is 1. The Labute approximate surface area is 165 Å². The van der Waals surface area contributed by atoms with E-state index < -0.39 is 11.6 Å². The van der Waals surface area contributed by atoms with E-state index >= 15 is 0 Å². The molecule has 144 valence electrons. The van der Waals surface area contributed by atoms with E-state index in [1.54, 1.807) is 30.6 Å². The summed E-state index contributed by atoms with van der Waals surface area (Å²) in [5.41, 5.74) is 1.68. The molecule has 3 aromatic rings. The third kappa shape index (κ3) is 2.96. The van der Waals surface area contributed by atoms with Crippen LogP contribution >= 0.6 is 11.6 Å². The van der Waals surface area contributed by atoms with Crippen molar-refractivity contribution in [1.29, 1.82) is 0 Å². The molecule has 2 aliphatic rings. The minimum Gasteiger partial charge on any atom is -0.352 e. The standard InChI is InChI=1S/C21H18ClF2N3O/c22-12-3-1-2-11(4-12)21(28)25-9-16-14-5-13(6-15(14)16)27-10-26-19-7-17(23)18(24)8-20(19)27/h1-4,7-8,10,13-16H,5-6,9H2,(H,25,28)/t13-,14-,15+,16+. The number of rotatable bonds is 4. The van der Waals surface area contributed by atoms with E-state index in [0.29, 0.717) is 45.9 Å². The van der Waals surface area contributed by atoms with Gasteiger partial charge in [0.15, 0.2) is 11.6 Å². The molecule has 4 atom stereocenters. The Morgan fingerprint density at radius 3 is 2.68 bits per heavy atom. The van der Waals surface area contributed by atoms with Gasteiger partial charge < -0.3 is 9.88 Å². The average Bonchev–Trinajstić information content (AvgIpc) is 3.00. The molecule has 1 aromatic heterocycles. The molecule has 0 bridgehead atoms. The first-order valence-corrected chi connectivity index (χ1v) is 9.74. The number of carbonyl (C=O) groups excluding carboxylic acids is 1. The van der Waals surface area contributed by atoms with Crippen molar-refractivity contribution in [3.63, 3.8) is 0 Å². The van der Waals surface area contributed by atoms with E-state index in [9.17, 15) is 13.6 Å². The fraction of sp³-hybridized carbons (Fsp3) is 0.333. The van der Waals surface area contributed by atoms with E-state index in [1.807, 2.05) is 4.57 Å². The first-order valence-electron chi connectivity index (χ1n) is 9.36. The molecule has 0 unspecified atom stereocenters. The number of halogens is 3. The molecular formula is C21H18ClF2N3O. The number of aromatic nitrogens is 2. The zero-order valence-electron chi connectivity index (χ0n) is 14.9. The van der Waals surface area contributed by atoms with Crippen molar-refractivity contribution in [2.75, 3.05) is 6.54 Å². The number of carbonyl (C=O) groups is 1. The SMILES string of the molecule is O=C(NC[C@@H]1[C@H]2C[C@H](n3cnc4cc(F)c(F)cc43)C[C@@H]12)c1cccc(Cl)c1. The molecule has 1 amide bonds. The lowest BCUT2D eigenvalue weighted by molar-refractivity contribution is 0.0950. The Bertz CT molecular complexity index is 1070. The van der Waals surface area contributed by atoms with Crippen LogP contribution in [-0.4, -0.2) is 22.0 Å². The number of benzene rings is 2. The molecular weight excluding hydrogens is 384 g/mol. The minimum absolute atomic E-state index is 0.109. The van der Waals surface area contributed by atoms with Crippen molar-refractivity contribution in [2.24, 2.45) is 17.8 Å². The molecule has 0 aliphatic heterocycles. The van der Waals surface area contributed by atoms with Gasteiger partial charge in [-0.25, -0.2) is 13.8 Å². The average molecular weight is 402 g/mol. The highest BCUT2D eigenvalue weighted by Crippen LogP contribution is 2.60. The van der Waals surface area contributed by atoms with Crippen LogP contribution in [0.1, 0.15) is 29.2 Å². The zero-order valence-corrected chi connectivity index (χ0v) is 15.7. The van der Waals surface area contributed by atoms with Gasteiger partial charge in [0.25, 0.3) is 5.91 Å². The molecule has 2 aliphatic carbocycles. The summed E-state index contributed by atoms with van der Waals surface area (Å²) in [6.45, 7) is 0.651. The Morgan fingerprint density at radius 2 is 1.93 bits per heavy atom. The van der Waals surface area contributed by atoms with E-state index in [0.717, 1.165) is 18.9 Å². The van der Waals surface area contributed by atoms with Crippen molar-refractivity contribution in [1.82, 2.24) is 14.9 Å². The molecule has 28 heavy (non-hydrogen) atoms. The molecule has 0 spiro atoms. The van der Waals surface area contributed by atoms with Crippen LogP contribution in [0, 0.1) is 29.4 Å². The van der Waals surface area contributed by atoms with Crippen LogP contribution < -0.4 is 5.32 Å². The van der Waals surface area contributed by atoms with Crippen LogP contribution in [0.3, 0.4) is 0 Å². The maximum absolute atomic E-state index is 13.6. The Hall–Kier alpha value is -2.47. The number of fused-ring (bicyclic) bond motifs is 2.